The third-order valence-corrected chi connectivity index (χ3v) is 14.4. The molecule has 1 unspecified atom stereocenters. The van der Waals surface area contributed by atoms with Crippen molar-refractivity contribution in [1.82, 2.24) is 4.98 Å². The average molecular weight is 731 g/mol. The molecule has 0 radical (unpaired) electrons. The van der Waals surface area contributed by atoms with Gasteiger partial charge in [-0.25, -0.2) is 4.98 Å². The lowest BCUT2D eigenvalue weighted by Crippen LogP contribution is -2.18. The van der Waals surface area contributed by atoms with Crippen molar-refractivity contribution >= 4 is 39.0 Å². The first kappa shape index (κ1) is 32.0. The normalized spacial score (nSPS) is 16.7. The van der Waals surface area contributed by atoms with Gasteiger partial charge in [-0.15, -0.1) is 11.3 Å². The molecule has 7 aromatic carbocycles. The quantitative estimate of drug-likeness (QED) is 0.195. The molecule has 0 amide bonds. The third-order valence-electron chi connectivity index (χ3n) is 12.1. The largest absolute Gasteiger partial charge is 0.368 e. The molecule has 2 heterocycles. The summed E-state index contributed by atoms with van der Waals surface area (Å²) in [6, 6.07) is 54.3. The lowest BCUT2D eigenvalue weighted by Gasteiger charge is -2.26. The molecule has 54 heavy (non-hydrogen) atoms. The van der Waals surface area contributed by atoms with Crippen LogP contribution >= 0.6 is 23.1 Å². The number of rotatable bonds is 4. The zero-order valence-corrected chi connectivity index (χ0v) is 32.3. The zero-order chi connectivity index (χ0) is 36.3. The molecule has 1 aliphatic heterocycles. The number of fused-ring (bicyclic) bond motifs is 8. The molecule has 260 valence electrons. The summed E-state index contributed by atoms with van der Waals surface area (Å²) in [4.78, 5) is 6.37. The second-order valence-corrected chi connectivity index (χ2v) is 18.2. The van der Waals surface area contributed by atoms with E-state index in [4.69, 9.17) is 4.98 Å². The molecule has 1 aromatic heterocycles. The first-order chi connectivity index (χ1) is 26.2. The summed E-state index contributed by atoms with van der Waals surface area (Å²) in [5, 5.41) is 4.96. The molecular weight excluding hydrogens is 693 g/mol. The fraction of sp³-hybridized carbons (Fsp3) is 0.140. The van der Waals surface area contributed by atoms with Crippen LogP contribution in [0.5, 0.6) is 0 Å². The summed E-state index contributed by atoms with van der Waals surface area (Å²) in [7, 11) is 0. The second-order valence-electron chi connectivity index (χ2n) is 16.0. The van der Waals surface area contributed by atoms with E-state index in [1.165, 1.54) is 87.6 Å². The van der Waals surface area contributed by atoms with Crippen LogP contribution in [0.25, 0.3) is 65.3 Å². The van der Waals surface area contributed by atoms with Gasteiger partial charge in [-0.05, 0) is 133 Å². The van der Waals surface area contributed by atoms with Crippen molar-refractivity contribution in [2.75, 3.05) is 5.32 Å². The van der Waals surface area contributed by atoms with Gasteiger partial charge in [0.2, 0.25) is 0 Å². The van der Waals surface area contributed by atoms with E-state index in [1.807, 2.05) is 11.8 Å². The second kappa shape index (κ2) is 11.5. The summed E-state index contributed by atoms with van der Waals surface area (Å²) in [5.41, 5.74) is 20.6. The Bertz CT molecular complexity index is 2800. The highest BCUT2D eigenvalue weighted by Gasteiger charge is 2.41. The minimum absolute atomic E-state index is 0.0158. The molecule has 0 spiro atoms. The summed E-state index contributed by atoms with van der Waals surface area (Å²) in [5.74, 6) is 0. The number of anilines is 1. The van der Waals surface area contributed by atoms with E-state index in [0.29, 0.717) is 0 Å². The molecule has 3 aliphatic rings. The first-order valence-electron chi connectivity index (χ1n) is 18.8. The predicted octanol–water partition coefficient (Wildman–Crippen LogP) is 14.1. The van der Waals surface area contributed by atoms with Gasteiger partial charge >= 0.3 is 0 Å². The van der Waals surface area contributed by atoms with Crippen LogP contribution < -0.4 is 5.32 Å². The molecule has 4 heteroatoms. The Labute approximate surface area is 325 Å². The minimum Gasteiger partial charge on any atom is -0.368 e. The van der Waals surface area contributed by atoms with Crippen molar-refractivity contribution in [3.05, 3.63) is 173 Å². The SMILES string of the molecule is CC1(C)c2ccccc2-c2cc3c(cc21)C(C)(C)c1cc(-c2cccc(-c4cc(-c5nc6ccccc6s5)cc(C5Nc6ccccc6S5)c4)c2)ccc1-3. The van der Waals surface area contributed by atoms with Crippen LogP contribution in [-0.4, -0.2) is 4.98 Å². The Morgan fingerprint density at radius 2 is 1.15 bits per heavy atom. The van der Waals surface area contributed by atoms with E-state index in [-0.39, 0.29) is 16.2 Å². The maximum atomic E-state index is 5.08. The Morgan fingerprint density at radius 1 is 0.500 bits per heavy atom. The van der Waals surface area contributed by atoms with Crippen molar-refractivity contribution in [2.24, 2.45) is 0 Å². The number of thiazole rings is 1. The van der Waals surface area contributed by atoms with E-state index < -0.39 is 0 Å². The Hall–Kier alpha value is -5.42. The number of thioether (sulfide) groups is 1. The number of nitrogens with one attached hydrogen (secondary N) is 1. The van der Waals surface area contributed by atoms with E-state index >= 15 is 0 Å². The highest BCUT2D eigenvalue weighted by Crippen LogP contribution is 2.56. The van der Waals surface area contributed by atoms with Crippen molar-refractivity contribution in [2.45, 2.75) is 48.8 Å². The Kier molecular flexibility index (Phi) is 6.85. The highest BCUT2D eigenvalue weighted by molar-refractivity contribution is 8.00. The Morgan fingerprint density at radius 3 is 1.98 bits per heavy atom. The van der Waals surface area contributed by atoms with Crippen LogP contribution in [0.15, 0.2) is 150 Å². The van der Waals surface area contributed by atoms with Gasteiger partial charge in [0.05, 0.1) is 10.2 Å². The smallest absolute Gasteiger partial charge is 0.124 e. The van der Waals surface area contributed by atoms with Gasteiger partial charge in [-0.1, -0.05) is 124 Å². The molecular formula is C50H38N2S2. The van der Waals surface area contributed by atoms with Gasteiger partial charge in [-0.3, -0.25) is 0 Å². The van der Waals surface area contributed by atoms with E-state index in [2.05, 4.69) is 179 Å². The average Bonchev–Trinajstić information content (AvgIpc) is 3.94. The summed E-state index contributed by atoms with van der Waals surface area (Å²) in [6.07, 6.45) is 0. The topological polar surface area (TPSA) is 24.9 Å². The van der Waals surface area contributed by atoms with Crippen LogP contribution in [0.2, 0.25) is 0 Å². The molecule has 2 nitrogen and oxygen atoms in total. The van der Waals surface area contributed by atoms with Crippen molar-refractivity contribution in [1.29, 1.82) is 0 Å². The Balaban J connectivity index is 0.997. The molecule has 8 aromatic rings. The molecule has 0 saturated heterocycles. The van der Waals surface area contributed by atoms with Crippen LogP contribution in [0.1, 0.15) is 60.9 Å². The van der Waals surface area contributed by atoms with Gasteiger partial charge in [0.25, 0.3) is 0 Å². The lowest BCUT2D eigenvalue weighted by molar-refractivity contribution is 0.639. The lowest BCUT2D eigenvalue weighted by atomic mass is 9.77. The van der Waals surface area contributed by atoms with Gasteiger partial charge in [0.1, 0.15) is 10.4 Å². The summed E-state index contributed by atoms with van der Waals surface area (Å²) < 4.78 is 1.21. The fourth-order valence-corrected chi connectivity index (χ4v) is 11.3. The first-order valence-corrected chi connectivity index (χ1v) is 20.5. The van der Waals surface area contributed by atoms with Gasteiger partial charge in [0.15, 0.2) is 0 Å². The van der Waals surface area contributed by atoms with Gasteiger partial charge in [0, 0.05) is 27.0 Å². The van der Waals surface area contributed by atoms with Crippen molar-refractivity contribution < 1.29 is 0 Å². The van der Waals surface area contributed by atoms with Gasteiger partial charge in [-0.2, -0.15) is 0 Å². The molecule has 1 atom stereocenters. The number of hydrogen-bond acceptors (Lipinski definition) is 4. The minimum atomic E-state index is -0.109. The maximum Gasteiger partial charge on any atom is 0.124 e. The zero-order valence-electron chi connectivity index (χ0n) is 30.7. The number of aromatic nitrogens is 1. The number of nitrogens with zero attached hydrogens (tertiary/aromatic N) is 1. The van der Waals surface area contributed by atoms with Crippen LogP contribution in [0.3, 0.4) is 0 Å². The van der Waals surface area contributed by atoms with Crippen LogP contribution in [0, 0.1) is 0 Å². The molecule has 2 aliphatic carbocycles. The highest BCUT2D eigenvalue weighted by atomic mass is 32.2. The molecule has 0 saturated carbocycles. The molecule has 0 fully saturated rings. The van der Waals surface area contributed by atoms with Gasteiger partial charge < -0.3 is 5.32 Å². The predicted molar refractivity (Wildman–Crippen MR) is 230 cm³/mol. The maximum absolute atomic E-state index is 5.08. The van der Waals surface area contributed by atoms with Crippen LogP contribution in [-0.2, 0) is 10.8 Å². The third kappa shape index (κ3) is 4.76. The number of hydrogen-bond donors (Lipinski definition) is 1. The van der Waals surface area contributed by atoms with E-state index in [9.17, 15) is 0 Å². The van der Waals surface area contributed by atoms with E-state index in [1.54, 1.807) is 11.3 Å². The van der Waals surface area contributed by atoms with Crippen molar-refractivity contribution in [3.8, 4) is 55.1 Å². The van der Waals surface area contributed by atoms with Crippen LogP contribution in [0.4, 0.5) is 5.69 Å². The standard InChI is InChI=1S/C50H38N2S2/c1-49(2)39-15-6-5-14-35(39)37-27-38-36-21-20-31(26-40(36)50(3,4)42(38)28-41(37)49)29-12-11-13-30(22-29)32-23-33(47-51-43-16-7-9-18-45(43)53-47)25-34(24-32)48-52-44-17-8-10-19-46(44)54-48/h5-28,47,51H,1-4H3. The summed E-state index contributed by atoms with van der Waals surface area (Å²) >= 11 is 3.65. The van der Waals surface area contributed by atoms with E-state index in [0.717, 1.165) is 16.1 Å². The molecule has 0 bridgehead atoms. The fourth-order valence-electron chi connectivity index (χ4n) is 9.21. The molecule has 11 rings (SSSR count). The molecule has 1 N–H and O–H groups in total. The monoisotopic (exact) mass is 730 g/mol. The number of para-hydroxylation sites is 2. The number of benzene rings is 7. The summed E-state index contributed by atoms with van der Waals surface area (Å²) in [6.45, 7) is 9.57. The van der Waals surface area contributed by atoms with Crippen molar-refractivity contribution in [3.63, 3.8) is 0 Å².